The number of amides is 1. The van der Waals surface area contributed by atoms with Gasteiger partial charge in [-0.3, -0.25) is 4.79 Å². The molecule has 0 saturated carbocycles. The van der Waals surface area contributed by atoms with Crippen molar-refractivity contribution in [2.24, 2.45) is 5.73 Å². The molecule has 0 radical (unpaired) electrons. The quantitative estimate of drug-likeness (QED) is 0.760. The molecule has 0 unspecified atom stereocenters. The number of rotatable bonds is 9. The first-order valence-electron chi connectivity index (χ1n) is 7.72. The molecule has 2 N–H and O–H groups in total. The van der Waals surface area contributed by atoms with Gasteiger partial charge < -0.3 is 15.4 Å². The molecular formula is C17H28N2O2. The summed E-state index contributed by atoms with van der Waals surface area (Å²) < 4.78 is 5.13. The van der Waals surface area contributed by atoms with E-state index in [0.29, 0.717) is 26.1 Å². The Morgan fingerprint density at radius 3 is 2.24 bits per heavy atom. The molecule has 0 spiro atoms. The SMILES string of the molecule is CCC(CC)N(CCOC)C(=O)Cc1ccc(CN)cc1. The van der Waals surface area contributed by atoms with E-state index < -0.39 is 0 Å². The van der Waals surface area contributed by atoms with Gasteiger partial charge in [-0.1, -0.05) is 38.1 Å². The molecular weight excluding hydrogens is 264 g/mol. The van der Waals surface area contributed by atoms with Gasteiger partial charge in [0, 0.05) is 26.2 Å². The molecule has 0 saturated heterocycles. The molecule has 0 aromatic heterocycles. The summed E-state index contributed by atoms with van der Waals surface area (Å²) in [5.74, 6) is 0.168. The Hall–Kier alpha value is -1.39. The number of carbonyl (C=O) groups excluding carboxylic acids is 1. The van der Waals surface area contributed by atoms with E-state index in [0.717, 1.165) is 24.0 Å². The summed E-state index contributed by atoms with van der Waals surface area (Å²) in [6.45, 7) is 6.01. The molecule has 1 aromatic rings. The first-order valence-corrected chi connectivity index (χ1v) is 7.72. The van der Waals surface area contributed by atoms with Crippen LogP contribution in [0.2, 0.25) is 0 Å². The van der Waals surface area contributed by atoms with Crippen LogP contribution in [0.4, 0.5) is 0 Å². The first kappa shape index (κ1) is 17.7. The zero-order valence-corrected chi connectivity index (χ0v) is 13.5. The predicted octanol–water partition coefficient (Wildman–Crippen LogP) is 2.35. The van der Waals surface area contributed by atoms with Crippen LogP contribution in [-0.4, -0.2) is 37.1 Å². The van der Waals surface area contributed by atoms with E-state index in [1.165, 1.54) is 0 Å². The second-order valence-corrected chi connectivity index (χ2v) is 5.25. The van der Waals surface area contributed by atoms with Gasteiger partial charge in [-0.05, 0) is 24.0 Å². The van der Waals surface area contributed by atoms with Crippen LogP contribution in [0, 0.1) is 0 Å². The Kier molecular flexibility index (Phi) is 8.01. The van der Waals surface area contributed by atoms with Crippen molar-refractivity contribution in [1.82, 2.24) is 4.90 Å². The number of hydrogen-bond donors (Lipinski definition) is 1. The largest absolute Gasteiger partial charge is 0.383 e. The Morgan fingerprint density at radius 2 is 1.76 bits per heavy atom. The molecule has 21 heavy (non-hydrogen) atoms. The molecule has 0 atom stereocenters. The van der Waals surface area contributed by atoms with Gasteiger partial charge in [0.15, 0.2) is 0 Å². The van der Waals surface area contributed by atoms with Crippen molar-refractivity contribution in [3.63, 3.8) is 0 Å². The Labute approximate surface area is 128 Å². The standard InChI is InChI=1S/C17H28N2O2/c1-4-16(5-2)19(10-11-21-3)17(20)12-14-6-8-15(13-18)9-7-14/h6-9,16H,4-5,10-13,18H2,1-3H3. The van der Waals surface area contributed by atoms with Crippen molar-refractivity contribution in [3.05, 3.63) is 35.4 Å². The van der Waals surface area contributed by atoms with Gasteiger partial charge in [0.05, 0.1) is 13.0 Å². The minimum absolute atomic E-state index is 0.168. The van der Waals surface area contributed by atoms with Crippen LogP contribution in [0.25, 0.3) is 0 Å². The Bertz CT molecular complexity index is 413. The van der Waals surface area contributed by atoms with Crippen molar-refractivity contribution in [2.75, 3.05) is 20.3 Å². The summed E-state index contributed by atoms with van der Waals surface area (Å²) in [5, 5.41) is 0. The van der Waals surface area contributed by atoms with Crippen LogP contribution in [0.5, 0.6) is 0 Å². The molecule has 1 amide bonds. The molecule has 0 heterocycles. The van der Waals surface area contributed by atoms with Crippen LogP contribution in [0.15, 0.2) is 24.3 Å². The lowest BCUT2D eigenvalue weighted by Crippen LogP contribution is -2.42. The molecule has 4 heteroatoms. The Morgan fingerprint density at radius 1 is 1.19 bits per heavy atom. The van der Waals surface area contributed by atoms with Gasteiger partial charge >= 0.3 is 0 Å². The molecule has 1 rings (SSSR count). The lowest BCUT2D eigenvalue weighted by Gasteiger charge is -2.30. The maximum Gasteiger partial charge on any atom is 0.227 e. The smallest absolute Gasteiger partial charge is 0.227 e. The molecule has 0 fully saturated rings. The van der Waals surface area contributed by atoms with Gasteiger partial charge in [-0.25, -0.2) is 0 Å². The summed E-state index contributed by atoms with van der Waals surface area (Å²) in [5.41, 5.74) is 7.71. The van der Waals surface area contributed by atoms with E-state index in [-0.39, 0.29) is 11.9 Å². The topological polar surface area (TPSA) is 55.6 Å². The molecule has 1 aromatic carbocycles. The van der Waals surface area contributed by atoms with Gasteiger partial charge in [-0.15, -0.1) is 0 Å². The number of methoxy groups -OCH3 is 1. The fourth-order valence-corrected chi connectivity index (χ4v) is 2.50. The molecule has 0 aliphatic heterocycles. The highest BCUT2D eigenvalue weighted by Gasteiger charge is 2.20. The van der Waals surface area contributed by atoms with Crippen molar-refractivity contribution in [1.29, 1.82) is 0 Å². The number of nitrogens with two attached hydrogens (primary N) is 1. The normalized spacial score (nSPS) is 10.9. The van der Waals surface area contributed by atoms with E-state index in [9.17, 15) is 4.79 Å². The molecule has 0 bridgehead atoms. The number of ether oxygens (including phenoxy) is 1. The summed E-state index contributed by atoms with van der Waals surface area (Å²) >= 11 is 0. The zero-order chi connectivity index (χ0) is 15.7. The number of nitrogens with zero attached hydrogens (tertiary/aromatic N) is 1. The highest BCUT2D eigenvalue weighted by Crippen LogP contribution is 2.12. The highest BCUT2D eigenvalue weighted by atomic mass is 16.5. The molecule has 4 nitrogen and oxygen atoms in total. The van der Waals surface area contributed by atoms with Crippen LogP contribution in [0.1, 0.15) is 37.8 Å². The fourth-order valence-electron chi connectivity index (χ4n) is 2.50. The summed E-state index contributed by atoms with van der Waals surface area (Å²) in [6, 6.07) is 8.23. The van der Waals surface area contributed by atoms with Crippen molar-refractivity contribution in [3.8, 4) is 0 Å². The second kappa shape index (κ2) is 9.53. The minimum Gasteiger partial charge on any atom is -0.383 e. The summed E-state index contributed by atoms with van der Waals surface area (Å²) in [4.78, 5) is 14.5. The van der Waals surface area contributed by atoms with E-state index >= 15 is 0 Å². The zero-order valence-electron chi connectivity index (χ0n) is 13.5. The van der Waals surface area contributed by atoms with Crippen molar-refractivity contribution >= 4 is 5.91 Å². The average molecular weight is 292 g/mol. The maximum atomic E-state index is 12.6. The van der Waals surface area contributed by atoms with Crippen LogP contribution in [-0.2, 0) is 22.5 Å². The summed E-state index contributed by atoms with van der Waals surface area (Å²) in [7, 11) is 1.67. The van der Waals surface area contributed by atoms with Crippen LogP contribution >= 0.6 is 0 Å². The maximum absolute atomic E-state index is 12.6. The van der Waals surface area contributed by atoms with E-state index in [1.807, 2.05) is 29.2 Å². The number of carbonyl (C=O) groups is 1. The van der Waals surface area contributed by atoms with E-state index in [1.54, 1.807) is 7.11 Å². The monoisotopic (exact) mass is 292 g/mol. The fraction of sp³-hybridized carbons (Fsp3) is 0.588. The highest BCUT2D eigenvalue weighted by molar-refractivity contribution is 5.79. The van der Waals surface area contributed by atoms with Gasteiger partial charge in [-0.2, -0.15) is 0 Å². The lowest BCUT2D eigenvalue weighted by molar-refractivity contribution is -0.133. The van der Waals surface area contributed by atoms with Crippen LogP contribution in [0.3, 0.4) is 0 Å². The first-order chi connectivity index (χ1) is 10.2. The van der Waals surface area contributed by atoms with E-state index in [2.05, 4.69) is 13.8 Å². The number of hydrogen-bond acceptors (Lipinski definition) is 3. The van der Waals surface area contributed by atoms with Gasteiger partial charge in [0.25, 0.3) is 0 Å². The minimum atomic E-state index is 0.168. The number of benzene rings is 1. The molecule has 0 aliphatic carbocycles. The van der Waals surface area contributed by atoms with Crippen LogP contribution < -0.4 is 5.73 Å². The summed E-state index contributed by atoms with van der Waals surface area (Å²) in [6.07, 6.45) is 2.38. The predicted molar refractivity (Wildman–Crippen MR) is 86.0 cm³/mol. The third-order valence-corrected chi connectivity index (χ3v) is 3.85. The third kappa shape index (κ3) is 5.48. The van der Waals surface area contributed by atoms with E-state index in [4.69, 9.17) is 10.5 Å². The Balaban J connectivity index is 2.73. The molecule has 118 valence electrons. The van der Waals surface area contributed by atoms with Gasteiger partial charge in [0.2, 0.25) is 5.91 Å². The lowest BCUT2D eigenvalue weighted by atomic mass is 10.1. The van der Waals surface area contributed by atoms with Crippen molar-refractivity contribution < 1.29 is 9.53 Å². The molecule has 0 aliphatic rings. The van der Waals surface area contributed by atoms with Gasteiger partial charge in [0.1, 0.15) is 0 Å². The average Bonchev–Trinajstić information content (AvgIpc) is 2.52. The third-order valence-electron chi connectivity index (χ3n) is 3.85. The van der Waals surface area contributed by atoms with Crippen molar-refractivity contribution in [2.45, 2.75) is 45.7 Å². The second-order valence-electron chi connectivity index (χ2n) is 5.25.